The topological polar surface area (TPSA) is 0 Å². The smallest absolute Gasteiger partial charge is 0.131 e. The van der Waals surface area contributed by atoms with E-state index in [1.165, 1.54) is 6.07 Å². The van der Waals surface area contributed by atoms with Gasteiger partial charge in [-0.1, -0.05) is 12.1 Å². The lowest BCUT2D eigenvalue weighted by Gasteiger charge is -2.12. The van der Waals surface area contributed by atoms with Gasteiger partial charge in [0.25, 0.3) is 0 Å². The zero-order chi connectivity index (χ0) is 15.1. The first kappa shape index (κ1) is 14.9. The molecule has 1 atom stereocenters. The Morgan fingerprint density at radius 2 is 1.90 bits per heavy atom. The average Bonchev–Trinajstić information content (AvgIpc) is 2.87. The molecule has 0 radical (unpaired) electrons. The van der Waals surface area contributed by atoms with E-state index in [4.69, 9.17) is 11.6 Å². The van der Waals surface area contributed by atoms with Gasteiger partial charge in [-0.05, 0) is 56.9 Å². The minimum absolute atomic E-state index is 0.301. The van der Waals surface area contributed by atoms with Crippen molar-refractivity contribution < 1.29 is 8.78 Å². The molecular formula is C16H10BrClF2S. The fourth-order valence-corrected chi connectivity index (χ4v) is 4.35. The minimum atomic E-state index is -0.646. The summed E-state index contributed by atoms with van der Waals surface area (Å²) in [6.07, 6.45) is 0. The van der Waals surface area contributed by atoms with E-state index < -0.39 is 17.0 Å². The number of thiophene rings is 1. The Kier molecular flexibility index (Phi) is 4.04. The maximum absolute atomic E-state index is 14.0. The second kappa shape index (κ2) is 5.67. The molecule has 1 heterocycles. The van der Waals surface area contributed by atoms with E-state index in [0.717, 1.165) is 26.2 Å². The Morgan fingerprint density at radius 1 is 1.14 bits per heavy atom. The molecule has 1 aromatic heterocycles. The second-order valence-corrected chi connectivity index (χ2v) is 6.96. The van der Waals surface area contributed by atoms with Crippen LogP contribution in [-0.2, 0) is 0 Å². The molecule has 0 fully saturated rings. The number of rotatable bonds is 2. The van der Waals surface area contributed by atoms with Crippen molar-refractivity contribution in [3.8, 4) is 0 Å². The molecule has 0 N–H and O–H groups in total. The maximum atomic E-state index is 14.0. The van der Waals surface area contributed by atoms with Crippen LogP contribution in [0.15, 0.2) is 40.2 Å². The van der Waals surface area contributed by atoms with Crippen LogP contribution < -0.4 is 0 Å². The summed E-state index contributed by atoms with van der Waals surface area (Å²) in [5.74, 6) is -1.18. The molecule has 108 valence electrons. The summed E-state index contributed by atoms with van der Waals surface area (Å²) in [5, 5.41) is 2.26. The molecule has 3 aromatic rings. The van der Waals surface area contributed by atoms with E-state index in [0.29, 0.717) is 11.1 Å². The molecule has 0 saturated heterocycles. The first-order valence-electron chi connectivity index (χ1n) is 6.24. The number of hydrogen-bond donors (Lipinski definition) is 0. The summed E-state index contributed by atoms with van der Waals surface area (Å²) in [7, 11) is 0. The van der Waals surface area contributed by atoms with Crippen LogP contribution in [0.2, 0.25) is 0 Å². The third kappa shape index (κ3) is 2.60. The zero-order valence-corrected chi connectivity index (χ0v) is 14.1. The van der Waals surface area contributed by atoms with Crippen molar-refractivity contribution in [2.24, 2.45) is 0 Å². The van der Waals surface area contributed by atoms with Crippen molar-refractivity contribution in [1.29, 1.82) is 0 Å². The van der Waals surface area contributed by atoms with Gasteiger partial charge < -0.3 is 0 Å². The fraction of sp³-hybridized carbons (Fsp3) is 0.125. The first-order valence-corrected chi connectivity index (χ1v) is 8.35. The maximum Gasteiger partial charge on any atom is 0.131 e. The van der Waals surface area contributed by atoms with Crippen molar-refractivity contribution >= 4 is 49.0 Å². The van der Waals surface area contributed by atoms with Gasteiger partial charge in [-0.15, -0.1) is 22.9 Å². The van der Waals surface area contributed by atoms with Crippen LogP contribution in [-0.4, -0.2) is 0 Å². The van der Waals surface area contributed by atoms with E-state index in [1.54, 1.807) is 18.3 Å². The minimum Gasteiger partial charge on any atom is -0.207 e. The van der Waals surface area contributed by atoms with Gasteiger partial charge in [0.1, 0.15) is 11.6 Å². The van der Waals surface area contributed by atoms with E-state index in [9.17, 15) is 8.78 Å². The molecule has 2 aromatic carbocycles. The molecule has 0 nitrogen and oxygen atoms in total. The summed E-state index contributed by atoms with van der Waals surface area (Å²) in [6, 6.07) is 8.19. The third-order valence-corrected chi connectivity index (χ3v) is 5.85. The van der Waals surface area contributed by atoms with E-state index in [-0.39, 0.29) is 0 Å². The standard InChI is InChI=1S/C16H10BrClF2S/c1-8-5-10(14(20)6-13(8)19)15(18)11-7-21-16-9(11)3-2-4-12(16)17/h2-7,15H,1H3. The largest absolute Gasteiger partial charge is 0.207 e. The van der Waals surface area contributed by atoms with Gasteiger partial charge in [0, 0.05) is 20.8 Å². The zero-order valence-electron chi connectivity index (χ0n) is 11.0. The SMILES string of the molecule is Cc1cc(C(Cl)c2csc3c(Br)cccc23)c(F)cc1F. The number of halogens is 4. The lowest BCUT2D eigenvalue weighted by molar-refractivity contribution is 0.568. The van der Waals surface area contributed by atoms with Crippen molar-refractivity contribution in [3.05, 3.63) is 68.5 Å². The van der Waals surface area contributed by atoms with Crippen LogP contribution in [0.25, 0.3) is 10.1 Å². The number of aryl methyl sites for hydroxylation is 1. The summed E-state index contributed by atoms with van der Waals surface area (Å²) in [5.41, 5.74) is 1.52. The highest BCUT2D eigenvalue weighted by Crippen LogP contribution is 2.41. The van der Waals surface area contributed by atoms with Gasteiger partial charge >= 0.3 is 0 Å². The molecular weight excluding hydrogens is 378 g/mol. The summed E-state index contributed by atoms with van der Waals surface area (Å²) in [6.45, 7) is 1.60. The number of alkyl halides is 1. The van der Waals surface area contributed by atoms with Gasteiger partial charge in [0.05, 0.1) is 5.38 Å². The predicted molar refractivity (Wildman–Crippen MR) is 88.3 cm³/mol. The Hall–Kier alpha value is -0.970. The van der Waals surface area contributed by atoms with Crippen LogP contribution in [0.3, 0.4) is 0 Å². The molecule has 5 heteroatoms. The Labute approximate surface area is 138 Å². The van der Waals surface area contributed by atoms with Crippen LogP contribution in [0, 0.1) is 18.6 Å². The third-order valence-electron chi connectivity index (χ3n) is 3.41. The fourth-order valence-electron chi connectivity index (χ4n) is 2.28. The summed E-state index contributed by atoms with van der Waals surface area (Å²) in [4.78, 5) is 0. The van der Waals surface area contributed by atoms with E-state index in [2.05, 4.69) is 15.9 Å². The highest BCUT2D eigenvalue weighted by atomic mass is 79.9. The molecule has 0 aliphatic carbocycles. The molecule has 0 saturated carbocycles. The molecule has 0 bridgehead atoms. The molecule has 0 amide bonds. The molecule has 1 unspecified atom stereocenters. The summed E-state index contributed by atoms with van der Waals surface area (Å²) < 4.78 is 29.5. The highest BCUT2D eigenvalue weighted by Gasteiger charge is 2.20. The normalized spacial score (nSPS) is 12.8. The summed E-state index contributed by atoms with van der Waals surface area (Å²) >= 11 is 11.5. The van der Waals surface area contributed by atoms with Crippen molar-refractivity contribution in [2.45, 2.75) is 12.3 Å². The molecule has 0 spiro atoms. The quantitative estimate of drug-likeness (QED) is 0.436. The highest BCUT2D eigenvalue weighted by molar-refractivity contribution is 9.10. The molecule has 0 aliphatic heterocycles. The van der Waals surface area contributed by atoms with Gasteiger partial charge in [-0.3, -0.25) is 0 Å². The number of fused-ring (bicyclic) bond motifs is 1. The van der Waals surface area contributed by atoms with Gasteiger partial charge in [0.2, 0.25) is 0 Å². The number of hydrogen-bond acceptors (Lipinski definition) is 1. The first-order chi connectivity index (χ1) is 9.99. The van der Waals surface area contributed by atoms with Gasteiger partial charge in [0.15, 0.2) is 0 Å². The van der Waals surface area contributed by atoms with E-state index in [1.807, 2.05) is 23.6 Å². The Bertz CT molecular complexity index is 829. The lowest BCUT2D eigenvalue weighted by atomic mass is 10.0. The Balaban J connectivity index is 2.15. The van der Waals surface area contributed by atoms with Crippen molar-refractivity contribution in [3.63, 3.8) is 0 Å². The van der Waals surface area contributed by atoms with Crippen molar-refractivity contribution in [2.75, 3.05) is 0 Å². The monoisotopic (exact) mass is 386 g/mol. The molecule has 3 rings (SSSR count). The van der Waals surface area contributed by atoms with Crippen LogP contribution >= 0.6 is 38.9 Å². The van der Waals surface area contributed by atoms with Crippen molar-refractivity contribution in [1.82, 2.24) is 0 Å². The Morgan fingerprint density at radius 3 is 2.67 bits per heavy atom. The van der Waals surface area contributed by atoms with Gasteiger partial charge in [-0.2, -0.15) is 0 Å². The lowest BCUT2D eigenvalue weighted by Crippen LogP contribution is -1.99. The van der Waals surface area contributed by atoms with Crippen LogP contribution in [0.1, 0.15) is 22.1 Å². The van der Waals surface area contributed by atoms with Crippen LogP contribution in [0.5, 0.6) is 0 Å². The predicted octanol–water partition coefficient (Wildman–Crippen LogP) is 6.58. The van der Waals surface area contributed by atoms with E-state index >= 15 is 0 Å². The molecule has 0 aliphatic rings. The second-order valence-electron chi connectivity index (χ2n) is 4.79. The van der Waals surface area contributed by atoms with Crippen LogP contribution in [0.4, 0.5) is 8.78 Å². The van der Waals surface area contributed by atoms with Gasteiger partial charge in [-0.25, -0.2) is 8.78 Å². The molecule has 21 heavy (non-hydrogen) atoms. The number of benzene rings is 2. The average molecular weight is 388 g/mol.